The van der Waals surface area contributed by atoms with Gasteiger partial charge in [-0.25, -0.2) is 4.98 Å². The molecule has 4 nitrogen and oxygen atoms in total. The van der Waals surface area contributed by atoms with Crippen molar-refractivity contribution in [2.24, 2.45) is 0 Å². The van der Waals surface area contributed by atoms with E-state index in [9.17, 15) is 10.5 Å². The molecule has 5 aromatic rings. The van der Waals surface area contributed by atoms with Gasteiger partial charge in [0.25, 0.3) is 0 Å². The summed E-state index contributed by atoms with van der Waals surface area (Å²) in [6.45, 7) is 0. The first-order valence-electron chi connectivity index (χ1n) is 8.24. The van der Waals surface area contributed by atoms with Crippen molar-refractivity contribution in [3.8, 4) is 23.5 Å². The lowest BCUT2D eigenvalue weighted by molar-refractivity contribution is 1.31. The van der Waals surface area contributed by atoms with Gasteiger partial charge in [0.05, 0.1) is 48.9 Å². The molecule has 2 heterocycles. The van der Waals surface area contributed by atoms with Gasteiger partial charge in [-0.3, -0.25) is 0 Å². The average molecular weight is 419 g/mol. The molecule has 0 bridgehead atoms. The number of halogens is 2. The summed E-state index contributed by atoms with van der Waals surface area (Å²) in [5.41, 5.74) is 2.87. The number of aromatic amines is 1. The van der Waals surface area contributed by atoms with E-state index in [0.29, 0.717) is 31.9 Å². The lowest BCUT2D eigenvalue weighted by Gasteiger charge is -2.02. The Kier molecular flexibility index (Phi) is 3.79. The van der Waals surface area contributed by atoms with Crippen LogP contribution in [-0.4, -0.2) is 9.97 Å². The first-order valence-corrected chi connectivity index (χ1v) is 9.81. The van der Waals surface area contributed by atoms with Crippen LogP contribution in [-0.2, 0) is 0 Å². The fraction of sp³-hybridized carbons (Fsp3) is 0. The van der Waals surface area contributed by atoms with Gasteiger partial charge in [0.15, 0.2) is 0 Å². The highest BCUT2D eigenvalue weighted by atomic mass is 35.5. The molecule has 7 heteroatoms. The number of rotatable bonds is 1. The molecule has 0 amide bonds. The number of H-pyrrole nitrogens is 1. The summed E-state index contributed by atoms with van der Waals surface area (Å²) < 4.78 is 1.62. The Bertz CT molecular complexity index is 1480. The monoisotopic (exact) mass is 418 g/mol. The number of hydrogen-bond acceptors (Lipinski definition) is 4. The summed E-state index contributed by atoms with van der Waals surface area (Å²) >= 11 is 14.0. The van der Waals surface area contributed by atoms with E-state index in [-0.39, 0.29) is 0 Å². The smallest absolute Gasteiger partial charge is 0.141 e. The van der Waals surface area contributed by atoms with Crippen LogP contribution < -0.4 is 0 Å². The summed E-state index contributed by atoms with van der Waals surface area (Å²) in [6, 6.07) is 16.9. The molecule has 0 fully saturated rings. The lowest BCUT2D eigenvalue weighted by atomic mass is 10.0. The molecule has 5 rings (SSSR count). The third-order valence-electron chi connectivity index (χ3n) is 4.70. The molecule has 2 aromatic heterocycles. The Hall–Kier alpha value is -3.09. The van der Waals surface area contributed by atoms with Crippen LogP contribution in [0.25, 0.3) is 43.3 Å². The van der Waals surface area contributed by atoms with Gasteiger partial charge in [-0.05, 0) is 35.7 Å². The van der Waals surface area contributed by atoms with E-state index in [0.717, 1.165) is 31.9 Å². The van der Waals surface area contributed by atoms with E-state index >= 15 is 0 Å². The maximum Gasteiger partial charge on any atom is 0.141 e. The molecule has 0 saturated heterocycles. The molecule has 1 N–H and O–H groups in total. The van der Waals surface area contributed by atoms with Crippen LogP contribution in [0.4, 0.5) is 0 Å². The van der Waals surface area contributed by atoms with E-state index in [1.54, 1.807) is 18.2 Å². The van der Waals surface area contributed by atoms with Gasteiger partial charge in [-0.2, -0.15) is 10.5 Å². The largest absolute Gasteiger partial charge is 0.337 e. The molecule has 0 unspecified atom stereocenters. The zero-order chi connectivity index (χ0) is 19.4. The molecule has 0 radical (unpaired) electrons. The van der Waals surface area contributed by atoms with Crippen LogP contribution in [0, 0.1) is 22.7 Å². The van der Waals surface area contributed by atoms with E-state index in [1.165, 1.54) is 11.3 Å². The molecule has 0 atom stereocenters. The zero-order valence-electron chi connectivity index (χ0n) is 14.0. The van der Waals surface area contributed by atoms with E-state index < -0.39 is 0 Å². The van der Waals surface area contributed by atoms with Crippen molar-refractivity contribution in [3.05, 3.63) is 63.0 Å². The van der Waals surface area contributed by atoms with Crippen LogP contribution in [0.15, 0.2) is 42.5 Å². The summed E-state index contributed by atoms with van der Waals surface area (Å²) in [6.07, 6.45) is 0. The standard InChI is InChI=1S/C21H8Cl2N4S/c22-12-4-5-13-14(6-12)15-7-16(23)28-20(15)19-18(13)26-21(27-19)17-10(8-24)2-1-3-11(17)9-25/h1-7H,(H,26,27). The van der Waals surface area contributed by atoms with Gasteiger partial charge in [0, 0.05) is 15.8 Å². The molecular formula is C21H8Cl2N4S. The van der Waals surface area contributed by atoms with E-state index in [1.807, 2.05) is 24.3 Å². The van der Waals surface area contributed by atoms with Gasteiger partial charge in [-0.15, -0.1) is 11.3 Å². The average Bonchev–Trinajstić information content (AvgIpc) is 3.30. The van der Waals surface area contributed by atoms with Crippen LogP contribution in [0.1, 0.15) is 11.1 Å². The number of benzene rings is 3. The molecule has 28 heavy (non-hydrogen) atoms. The second kappa shape index (κ2) is 6.22. The molecular weight excluding hydrogens is 411 g/mol. The van der Waals surface area contributed by atoms with Crippen molar-refractivity contribution in [1.29, 1.82) is 10.5 Å². The molecule has 0 aliphatic carbocycles. The number of thiophene rings is 1. The molecule has 0 aliphatic heterocycles. The van der Waals surface area contributed by atoms with Gasteiger partial charge in [-0.1, -0.05) is 35.3 Å². The maximum absolute atomic E-state index is 9.52. The minimum absolute atomic E-state index is 0.394. The maximum atomic E-state index is 9.52. The third-order valence-corrected chi connectivity index (χ3v) is 6.22. The Morgan fingerprint density at radius 2 is 1.68 bits per heavy atom. The third kappa shape index (κ3) is 2.38. The predicted molar refractivity (Wildman–Crippen MR) is 114 cm³/mol. The fourth-order valence-electron chi connectivity index (χ4n) is 3.54. The second-order valence-electron chi connectivity index (χ2n) is 6.24. The zero-order valence-corrected chi connectivity index (χ0v) is 16.4. The first kappa shape index (κ1) is 17.0. The number of aromatic nitrogens is 2. The summed E-state index contributed by atoms with van der Waals surface area (Å²) in [7, 11) is 0. The van der Waals surface area contributed by atoms with Crippen LogP contribution in [0.5, 0.6) is 0 Å². The van der Waals surface area contributed by atoms with Crippen molar-refractivity contribution in [1.82, 2.24) is 9.97 Å². The highest BCUT2D eigenvalue weighted by Crippen LogP contribution is 2.42. The van der Waals surface area contributed by atoms with Crippen molar-refractivity contribution in [2.75, 3.05) is 0 Å². The number of hydrogen-bond donors (Lipinski definition) is 1. The van der Waals surface area contributed by atoms with Crippen molar-refractivity contribution in [3.63, 3.8) is 0 Å². The number of fused-ring (bicyclic) bond motifs is 6. The summed E-state index contributed by atoms with van der Waals surface area (Å²) in [4.78, 5) is 8.11. The summed E-state index contributed by atoms with van der Waals surface area (Å²) in [5, 5.41) is 22.6. The van der Waals surface area contributed by atoms with Crippen LogP contribution in [0.2, 0.25) is 9.36 Å². The molecule has 3 aromatic carbocycles. The number of nitriles is 2. The Balaban J connectivity index is 1.97. The molecule has 132 valence electrons. The Morgan fingerprint density at radius 3 is 2.39 bits per heavy atom. The molecule has 0 saturated carbocycles. The lowest BCUT2D eigenvalue weighted by Crippen LogP contribution is -1.91. The number of imidazole rings is 1. The molecule has 0 spiro atoms. The van der Waals surface area contributed by atoms with E-state index in [4.69, 9.17) is 28.2 Å². The number of nitrogens with zero attached hydrogens (tertiary/aromatic N) is 3. The first-order chi connectivity index (χ1) is 13.6. The Labute approximate surface area is 173 Å². The number of nitrogens with one attached hydrogen (secondary N) is 1. The highest BCUT2D eigenvalue weighted by Gasteiger charge is 2.19. The Morgan fingerprint density at radius 1 is 0.929 bits per heavy atom. The van der Waals surface area contributed by atoms with Gasteiger partial charge < -0.3 is 4.98 Å². The molecule has 0 aliphatic rings. The SMILES string of the molecule is N#Cc1cccc(C#N)c1-c1nc2c3ccc(Cl)cc3c3cc(Cl)sc3c2[nH]1. The van der Waals surface area contributed by atoms with Gasteiger partial charge in [0.1, 0.15) is 5.82 Å². The van der Waals surface area contributed by atoms with Gasteiger partial charge >= 0.3 is 0 Å². The fourth-order valence-corrected chi connectivity index (χ4v) is 4.95. The predicted octanol–water partition coefficient (Wildman–Crippen LogP) is 6.65. The van der Waals surface area contributed by atoms with Gasteiger partial charge in [0.2, 0.25) is 0 Å². The van der Waals surface area contributed by atoms with Crippen LogP contribution >= 0.6 is 34.5 Å². The van der Waals surface area contributed by atoms with Crippen LogP contribution in [0.3, 0.4) is 0 Å². The van der Waals surface area contributed by atoms with E-state index in [2.05, 4.69) is 17.1 Å². The minimum Gasteiger partial charge on any atom is -0.337 e. The quantitative estimate of drug-likeness (QED) is 0.331. The van der Waals surface area contributed by atoms with Crippen molar-refractivity contribution in [2.45, 2.75) is 0 Å². The normalized spacial score (nSPS) is 11.1. The van der Waals surface area contributed by atoms with Crippen molar-refractivity contribution < 1.29 is 0 Å². The minimum atomic E-state index is 0.394. The second-order valence-corrected chi connectivity index (χ2v) is 8.36. The highest BCUT2D eigenvalue weighted by molar-refractivity contribution is 7.23. The summed E-state index contributed by atoms with van der Waals surface area (Å²) in [5.74, 6) is 0.483. The van der Waals surface area contributed by atoms with Crippen molar-refractivity contribution >= 4 is 66.4 Å². The topological polar surface area (TPSA) is 76.3 Å².